The molecule has 0 aliphatic carbocycles. The minimum absolute atomic E-state index is 0.0773. The number of anilines is 1. The molecule has 0 unspecified atom stereocenters. The molecule has 0 aliphatic heterocycles. The lowest BCUT2D eigenvalue weighted by Gasteiger charge is -2.15. The Balaban J connectivity index is 2.69. The number of methoxy groups -OCH3 is 1. The Kier molecular flexibility index (Phi) is 6.45. The van der Waals surface area contributed by atoms with Crippen molar-refractivity contribution < 1.29 is 23.8 Å². The van der Waals surface area contributed by atoms with Crippen LogP contribution in [0.2, 0.25) is 0 Å². The van der Waals surface area contributed by atoms with E-state index in [-0.39, 0.29) is 5.69 Å². The van der Waals surface area contributed by atoms with Gasteiger partial charge in [-0.05, 0) is 18.6 Å². The number of carbonyl (C=O) groups excluding carboxylic acids is 1. The lowest BCUT2D eigenvalue weighted by Crippen LogP contribution is -2.43. The number of unbranched alkanes of at least 4 members (excludes halogenated alkanes) is 1. The largest absolute Gasteiger partial charge is 0.497 e. The first-order valence-electron chi connectivity index (χ1n) is 6.61. The first-order valence-corrected chi connectivity index (χ1v) is 6.61. The quantitative estimate of drug-likeness (QED) is 0.722. The fourth-order valence-corrected chi connectivity index (χ4v) is 1.71. The molecule has 0 bridgehead atoms. The molecular weight excluding hydrogens is 279 g/mol. The number of ether oxygens (including phenoxy) is 1. The van der Waals surface area contributed by atoms with Crippen molar-refractivity contribution in [2.24, 2.45) is 0 Å². The van der Waals surface area contributed by atoms with Gasteiger partial charge in [0.1, 0.15) is 17.6 Å². The van der Waals surface area contributed by atoms with Crippen molar-refractivity contribution in [1.82, 2.24) is 5.32 Å². The third kappa shape index (κ3) is 5.29. The topological polar surface area (TPSA) is 87.7 Å². The molecule has 1 atom stereocenters. The molecule has 116 valence electrons. The third-order valence-corrected chi connectivity index (χ3v) is 2.87. The van der Waals surface area contributed by atoms with Crippen molar-refractivity contribution in [1.29, 1.82) is 0 Å². The van der Waals surface area contributed by atoms with E-state index in [1.54, 1.807) is 0 Å². The number of carboxylic acid groups (broad SMARTS) is 1. The minimum Gasteiger partial charge on any atom is -0.497 e. The van der Waals surface area contributed by atoms with Gasteiger partial charge in [0.15, 0.2) is 0 Å². The second kappa shape index (κ2) is 8.08. The van der Waals surface area contributed by atoms with Crippen LogP contribution in [0.3, 0.4) is 0 Å². The number of nitrogens with one attached hydrogen (secondary N) is 2. The zero-order valence-corrected chi connectivity index (χ0v) is 12.0. The van der Waals surface area contributed by atoms with Gasteiger partial charge in [-0.3, -0.25) is 0 Å². The van der Waals surface area contributed by atoms with Gasteiger partial charge in [-0.2, -0.15) is 0 Å². The van der Waals surface area contributed by atoms with Gasteiger partial charge >= 0.3 is 12.0 Å². The van der Waals surface area contributed by atoms with Crippen LogP contribution in [0.1, 0.15) is 26.2 Å². The number of aliphatic carboxylic acids is 1. The molecule has 1 aromatic rings. The Bertz CT molecular complexity index is 508. The number of carboxylic acids is 1. The fourth-order valence-electron chi connectivity index (χ4n) is 1.71. The molecule has 0 radical (unpaired) electrons. The van der Waals surface area contributed by atoms with E-state index in [0.717, 1.165) is 12.5 Å². The fraction of sp³-hybridized carbons (Fsp3) is 0.429. The zero-order chi connectivity index (χ0) is 15.8. The van der Waals surface area contributed by atoms with E-state index in [1.807, 2.05) is 6.92 Å². The zero-order valence-electron chi connectivity index (χ0n) is 12.0. The molecule has 1 rings (SSSR count). The highest BCUT2D eigenvalue weighted by atomic mass is 19.1. The molecule has 0 aliphatic rings. The number of hydrogen-bond acceptors (Lipinski definition) is 3. The van der Waals surface area contributed by atoms with Crippen LogP contribution in [0.25, 0.3) is 0 Å². The number of urea groups is 1. The van der Waals surface area contributed by atoms with Crippen molar-refractivity contribution >= 4 is 17.7 Å². The highest BCUT2D eigenvalue weighted by Gasteiger charge is 2.19. The number of halogens is 1. The Morgan fingerprint density at radius 1 is 1.43 bits per heavy atom. The summed E-state index contributed by atoms with van der Waals surface area (Å²) in [5.41, 5.74) is -0.0773. The second-order valence-electron chi connectivity index (χ2n) is 4.48. The van der Waals surface area contributed by atoms with E-state index in [1.165, 1.54) is 19.2 Å². The molecule has 0 aromatic heterocycles. The maximum Gasteiger partial charge on any atom is 0.326 e. The maximum atomic E-state index is 13.6. The highest BCUT2D eigenvalue weighted by Crippen LogP contribution is 2.20. The van der Waals surface area contributed by atoms with Crippen LogP contribution in [-0.2, 0) is 4.79 Å². The molecule has 1 aromatic carbocycles. The Hall–Kier alpha value is -2.31. The highest BCUT2D eigenvalue weighted by molar-refractivity contribution is 5.92. The second-order valence-corrected chi connectivity index (χ2v) is 4.48. The van der Waals surface area contributed by atoms with Gasteiger partial charge in [-0.15, -0.1) is 0 Å². The summed E-state index contributed by atoms with van der Waals surface area (Å²) in [6, 6.07) is 2.11. The van der Waals surface area contributed by atoms with Crippen LogP contribution < -0.4 is 15.4 Å². The summed E-state index contributed by atoms with van der Waals surface area (Å²) in [6.07, 6.45) is 1.81. The average molecular weight is 298 g/mol. The summed E-state index contributed by atoms with van der Waals surface area (Å²) in [6.45, 7) is 1.92. The van der Waals surface area contributed by atoms with Crippen molar-refractivity contribution in [2.75, 3.05) is 12.4 Å². The molecular formula is C14H19FN2O4. The van der Waals surface area contributed by atoms with Crippen LogP contribution >= 0.6 is 0 Å². The van der Waals surface area contributed by atoms with E-state index < -0.39 is 23.9 Å². The van der Waals surface area contributed by atoms with Crippen LogP contribution in [0.5, 0.6) is 5.75 Å². The lowest BCUT2D eigenvalue weighted by atomic mass is 10.1. The van der Waals surface area contributed by atoms with Crippen LogP contribution in [-0.4, -0.2) is 30.3 Å². The number of benzene rings is 1. The number of rotatable bonds is 7. The van der Waals surface area contributed by atoms with E-state index in [2.05, 4.69) is 10.6 Å². The predicted octanol–water partition coefficient (Wildman–Crippen LogP) is 2.60. The summed E-state index contributed by atoms with van der Waals surface area (Å²) in [4.78, 5) is 22.8. The van der Waals surface area contributed by atoms with Crippen molar-refractivity contribution in [2.45, 2.75) is 32.2 Å². The first kappa shape index (κ1) is 16.7. The normalized spacial score (nSPS) is 11.6. The monoisotopic (exact) mass is 298 g/mol. The van der Waals surface area contributed by atoms with Gasteiger partial charge in [0.25, 0.3) is 0 Å². The smallest absolute Gasteiger partial charge is 0.326 e. The van der Waals surface area contributed by atoms with Crippen molar-refractivity contribution in [3.05, 3.63) is 24.0 Å². The maximum absolute atomic E-state index is 13.6. The van der Waals surface area contributed by atoms with Crippen LogP contribution in [0.4, 0.5) is 14.9 Å². The molecule has 2 amide bonds. The number of carbonyl (C=O) groups is 2. The third-order valence-electron chi connectivity index (χ3n) is 2.87. The SMILES string of the molecule is CCCC[C@H](NC(=O)Nc1cc(OC)ccc1F)C(=O)O. The van der Waals surface area contributed by atoms with Crippen molar-refractivity contribution in [3.63, 3.8) is 0 Å². The van der Waals surface area contributed by atoms with Gasteiger partial charge in [0.05, 0.1) is 12.8 Å². The van der Waals surface area contributed by atoms with Crippen molar-refractivity contribution in [3.8, 4) is 5.75 Å². The van der Waals surface area contributed by atoms with Crippen LogP contribution in [0.15, 0.2) is 18.2 Å². The Morgan fingerprint density at radius 3 is 2.71 bits per heavy atom. The van der Waals surface area contributed by atoms with E-state index in [0.29, 0.717) is 18.6 Å². The molecule has 21 heavy (non-hydrogen) atoms. The molecule has 0 heterocycles. The molecule has 0 fully saturated rings. The van der Waals surface area contributed by atoms with Gasteiger partial charge in [0, 0.05) is 6.07 Å². The molecule has 7 heteroatoms. The lowest BCUT2D eigenvalue weighted by molar-refractivity contribution is -0.139. The van der Waals surface area contributed by atoms with Crippen LogP contribution in [0, 0.1) is 5.82 Å². The summed E-state index contributed by atoms with van der Waals surface area (Å²) in [5, 5.41) is 13.6. The van der Waals surface area contributed by atoms with Gasteiger partial charge in [-0.25, -0.2) is 14.0 Å². The molecule has 3 N–H and O–H groups in total. The minimum atomic E-state index is -1.12. The summed E-state index contributed by atoms with van der Waals surface area (Å²) >= 11 is 0. The summed E-state index contributed by atoms with van der Waals surface area (Å²) < 4.78 is 18.5. The molecule has 0 saturated heterocycles. The Labute approximate surface area is 122 Å². The molecule has 0 saturated carbocycles. The Morgan fingerprint density at radius 2 is 2.14 bits per heavy atom. The van der Waals surface area contributed by atoms with E-state index in [4.69, 9.17) is 9.84 Å². The average Bonchev–Trinajstić information content (AvgIpc) is 2.45. The van der Waals surface area contributed by atoms with Gasteiger partial charge < -0.3 is 20.5 Å². The summed E-state index contributed by atoms with van der Waals surface area (Å²) in [5.74, 6) is -1.37. The van der Waals surface area contributed by atoms with Gasteiger partial charge in [-0.1, -0.05) is 19.8 Å². The molecule has 0 spiro atoms. The molecule has 6 nitrogen and oxygen atoms in total. The number of hydrogen-bond donors (Lipinski definition) is 3. The van der Waals surface area contributed by atoms with Gasteiger partial charge in [0.2, 0.25) is 0 Å². The predicted molar refractivity (Wildman–Crippen MR) is 76.1 cm³/mol. The standard InChI is InChI=1S/C14H19FN2O4/c1-3-4-5-11(13(18)19)16-14(20)17-12-8-9(21-2)6-7-10(12)15/h6-8,11H,3-5H2,1-2H3,(H,18,19)(H2,16,17,20)/t11-/m0/s1. The first-order chi connectivity index (χ1) is 9.97. The summed E-state index contributed by atoms with van der Waals surface area (Å²) in [7, 11) is 1.42. The number of amides is 2. The van der Waals surface area contributed by atoms with E-state index >= 15 is 0 Å². The van der Waals surface area contributed by atoms with E-state index in [9.17, 15) is 14.0 Å².